The summed E-state index contributed by atoms with van der Waals surface area (Å²) in [7, 11) is 1.70. The average molecular weight is 363 g/mol. The van der Waals surface area contributed by atoms with E-state index in [2.05, 4.69) is 10.6 Å². The van der Waals surface area contributed by atoms with E-state index in [0.717, 1.165) is 12.8 Å². The molecule has 0 aromatic heterocycles. The van der Waals surface area contributed by atoms with E-state index in [0.29, 0.717) is 12.8 Å². The zero-order chi connectivity index (χ0) is 19.8. The fourth-order valence-electron chi connectivity index (χ4n) is 3.04. The molecule has 0 saturated carbocycles. The predicted octanol–water partition coefficient (Wildman–Crippen LogP) is -0.0544. The molecular formula is C18H38N2O5. The third-order valence-corrected chi connectivity index (χ3v) is 5.78. The Balaban J connectivity index is 5.86. The first-order valence-electron chi connectivity index (χ1n) is 9.27. The van der Waals surface area contributed by atoms with Crippen LogP contribution in [0.5, 0.6) is 0 Å². The van der Waals surface area contributed by atoms with Crippen molar-refractivity contribution in [3.63, 3.8) is 0 Å². The molecule has 0 rings (SSSR count). The minimum atomic E-state index is -1.63. The van der Waals surface area contributed by atoms with Crippen molar-refractivity contribution in [2.45, 2.75) is 95.7 Å². The summed E-state index contributed by atoms with van der Waals surface area (Å²) in [5.74, 6) is -0.259. The number of Topliss-reactive ketones (excluding diaryl/α,β-unsaturated/α-hetero) is 1. The molecule has 0 radical (unpaired) electrons. The number of ketones is 1. The summed E-state index contributed by atoms with van der Waals surface area (Å²) in [5.41, 5.74) is -1.25. The van der Waals surface area contributed by atoms with Crippen LogP contribution in [0.4, 0.5) is 0 Å². The molecular weight excluding hydrogens is 324 g/mol. The number of likely N-dealkylation sites (N-methyl/N-ethyl adjacent to an activating group) is 1. The molecule has 0 fully saturated rings. The Labute approximate surface area is 151 Å². The molecule has 0 bridgehead atoms. The molecule has 4 atom stereocenters. The van der Waals surface area contributed by atoms with Gasteiger partial charge in [0.25, 0.3) is 0 Å². The molecule has 4 unspecified atom stereocenters. The van der Waals surface area contributed by atoms with Crippen LogP contribution in [0.15, 0.2) is 0 Å². The van der Waals surface area contributed by atoms with Gasteiger partial charge in [0.05, 0.1) is 18.2 Å². The van der Waals surface area contributed by atoms with E-state index in [9.17, 15) is 20.1 Å². The standard InChI is InChI=1S/C18H38N2O5/c1-7-17(5,8-2)20-13(15(24)14(23)12(22)11-21)16(25)18(9-3,10-4)19-6/h12-15,19-24H,7-11H2,1-6H3. The van der Waals surface area contributed by atoms with Crippen LogP contribution in [0.25, 0.3) is 0 Å². The van der Waals surface area contributed by atoms with Crippen LogP contribution >= 0.6 is 0 Å². The average Bonchev–Trinajstić information content (AvgIpc) is 2.65. The van der Waals surface area contributed by atoms with Crippen LogP contribution in [0.3, 0.4) is 0 Å². The predicted molar refractivity (Wildman–Crippen MR) is 98.4 cm³/mol. The molecule has 0 amide bonds. The highest BCUT2D eigenvalue weighted by Gasteiger charge is 2.45. The maximum absolute atomic E-state index is 13.3. The minimum Gasteiger partial charge on any atom is -0.394 e. The van der Waals surface area contributed by atoms with Gasteiger partial charge in [0.2, 0.25) is 0 Å². The molecule has 0 aromatic rings. The van der Waals surface area contributed by atoms with E-state index in [1.54, 1.807) is 7.05 Å². The normalized spacial score (nSPS) is 17.8. The lowest BCUT2D eigenvalue weighted by Gasteiger charge is -2.41. The van der Waals surface area contributed by atoms with Crippen molar-refractivity contribution in [3.8, 4) is 0 Å². The lowest BCUT2D eigenvalue weighted by molar-refractivity contribution is -0.139. The van der Waals surface area contributed by atoms with Crippen molar-refractivity contribution in [2.24, 2.45) is 0 Å². The van der Waals surface area contributed by atoms with Crippen molar-refractivity contribution >= 4 is 5.78 Å². The highest BCUT2D eigenvalue weighted by atomic mass is 16.4. The maximum atomic E-state index is 13.3. The van der Waals surface area contributed by atoms with Gasteiger partial charge < -0.3 is 25.7 Å². The van der Waals surface area contributed by atoms with E-state index in [1.165, 1.54) is 0 Å². The third-order valence-electron chi connectivity index (χ3n) is 5.78. The van der Waals surface area contributed by atoms with Gasteiger partial charge in [-0.3, -0.25) is 10.1 Å². The largest absolute Gasteiger partial charge is 0.394 e. The van der Waals surface area contributed by atoms with E-state index in [1.807, 2.05) is 34.6 Å². The minimum absolute atomic E-state index is 0.259. The maximum Gasteiger partial charge on any atom is 0.172 e. The second-order valence-electron chi connectivity index (χ2n) is 7.02. The highest BCUT2D eigenvalue weighted by Crippen LogP contribution is 2.24. The van der Waals surface area contributed by atoms with E-state index in [-0.39, 0.29) is 5.78 Å². The molecule has 25 heavy (non-hydrogen) atoms. The van der Waals surface area contributed by atoms with Gasteiger partial charge in [-0.25, -0.2) is 0 Å². The van der Waals surface area contributed by atoms with Crippen molar-refractivity contribution in [1.29, 1.82) is 0 Å². The molecule has 150 valence electrons. The fourth-order valence-corrected chi connectivity index (χ4v) is 3.04. The zero-order valence-electron chi connectivity index (χ0n) is 16.5. The summed E-state index contributed by atoms with van der Waals surface area (Å²) < 4.78 is 0. The Hall–Kier alpha value is -0.570. The van der Waals surface area contributed by atoms with Crippen LogP contribution in [0.1, 0.15) is 60.3 Å². The van der Waals surface area contributed by atoms with E-state index in [4.69, 9.17) is 5.11 Å². The topological polar surface area (TPSA) is 122 Å². The van der Waals surface area contributed by atoms with Gasteiger partial charge in [-0.2, -0.15) is 0 Å². The Bertz CT molecular complexity index is 389. The first-order chi connectivity index (χ1) is 11.6. The summed E-state index contributed by atoms with van der Waals surface area (Å²) in [6, 6.07) is -1.08. The smallest absolute Gasteiger partial charge is 0.172 e. The fraction of sp³-hybridized carbons (Fsp3) is 0.944. The molecule has 0 heterocycles. The number of aliphatic hydroxyl groups is 4. The summed E-state index contributed by atoms with van der Waals surface area (Å²) in [5, 5.41) is 45.8. The van der Waals surface area contributed by atoms with Gasteiger partial charge in [-0.1, -0.05) is 27.7 Å². The quantitative estimate of drug-likeness (QED) is 0.271. The first kappa shape index (κ1) is 24.4. The van der Waals surface area contributed by atoms with Gasteiger partial charge in [0, 0.05) is 5.54 Å². The molecule has 0 aliphatic carbocycles. The Kier molecular flexibility index (Phi) is 10.3. The molecule has 7 heteroatoms. The van der Waals surface area contributed by atoms with Gasteiger partial charge in [-0.05, 0) is 39.7 Å². The van der Waals surface area contributed by atoms with Gasteiger partial charge in [-0.15, -0.1) is 0 Å². The van der Waals surface area contributed by atoms with Crippen LogP contribution in [-0.2, 0) is 4.79 Å². The molecule has 0 saturated heterocycles. The molecule has 7 nitrogen and oxygen atoms in total. The Morgan fingerprint density at radius 2 is 1.44 bits per heavy atom. The van der Waals surface area contributed by atoms with Crippen LogP contribution in [-0.4, -0.2) is 75.3 Å². The summed E-state index contributed by atoms with van der Waals surface area (Å²) >= 11 is 0. The van der Waals surface area contributed by atoms with Crippen molar-refractivity contribution in [1.82, 2.24) is 10.6 Å². The lowest BCUT2D eigenvalue weighted by atomic mass is 9.80. The van der Waals surface area contributed by atoms with Crippen molar-refractivity contribution < 1.29 is 25.2 Å². The van der Waals surface area contributed by atoms with Gasteiger partial charge in [0.15, 0.2) is 5.78 Å². The number of rotatable bonds is 13. The first-order valence-corrected chi connectivity index (χ1v) is 9.27. The number of nitrogens with one attached hydrogen (secondary N) is 2. The van der Waals surface area contributed by atoms with Crippen LogP contribution < -0.4 is 10.6 Å². The molecule has 6 N–H and O–H groups in total. The van der Waals surface area contributed by atoms with Crippen molar-refractivity contribution in [2.75, 3.05) is 13.7 Å². The highest BCUT2D eigenvalue weighted by molar-refractivity contribution is 5.93. The Morgan fingerprint density at radius 3 is 1.76 bits per heavy atom. The van der Waals surface area contributed by atoms with Gasteiger partial charge in [0.1, 0.15) is 18.3 Å². The number of carbonyl (C=O) groups excluding carboxylic acids is 1. The van der Waals surface area contributed by atoms with Crippen LogP contribution in [0.2, 0.25) is 0 Å². The van der Waals surface area contributed by atoms with E-state index >= 15 is 0 Å². The summed E-state index contributed by atoms with van der Waals surface area (Å²) in [6.07, 6.45) is -2.19. The van der Waals surface area contributed by atoms with Crippen molar-refractivity contribution in [3.05, 3.63) is 0 Å². The number of aliphatic hydroxyl groups excluding tert-OH is 4. The molecule has 0 aliphatic heterocycles. The molecule has 0 aromatic carbocycles. The summed E-state index contributed by atoms with van der Waals surface area (Å²) in [6.45, 7) is 8.99. The summed E-state index contributed by atoms with van der Waals surface area (Å²) in [4.78, 5) is 13.3. The van der Waals surface area contributed by atoms with Gasteiger partial charge >= 0.3 is 0 Å². The molecule has 0 spiro atoms. The Morgan fingerprint density at radius 1 is 0.960 bits per heavy atom. The second kappa shape index (κ2) is 10.5. The SMILES string of the molecule is CCC(C)(CC)NC(C(=O)C(CC)(CC)NC)C(O)C(O)C(O)CO. The van der Waals surface area contributed by atoms with Crippen LogP contribution in [0, 0.1) is 0 Å². The number of carbonyl (C=O) groups is 1. The third kappa shape index (κ3) is 5.70. The van der Waals surface area contributed by atoms with E-state index < -0.39 is 42.0 Å². The second-order valence-corrected chi connectivity index (χ2v) is 7.02. The number of hydrogen-bond acceptors (Lipinski definition) is 7. The molecule has 0 aliphatic rings. The lowest BCUT2D eigenvalue weighted by Crippen LogP contribution is -2.66. The monoisotopic (exact) mass is 362 g/mol. The zero-order valence-corrected chi connectivity index (χ0v) is 16.5. The number of hydrogen-bond donors (Lipinski definition) is 6.